The lowest BCUT2D eigenvalue weighted by Gasteiger charge is -2.20. The van der Waals surface area contributed by atoms with Gasteiger partial charge >= 0.3 is 12.1 Å². The molecule has 0 aromatic carbocycles. The highest BCUT2D eigenvalue weighted by molar-refractivity contribution is 7.89. The van der Waals surface area contributed by atoms with E-state index in [1.807, 2.05) is 0 Å². The quantitative estimate of drug-likeness (QED) is 0.683. The summed E-state index contributed by atoms with van der Waals surface area (Å²) in [6, 6.07) is -1.29. The molecule has 1 unspecified atom stereocenters. The number of aliphatic carboxylic acids is 1. The van der Waals surface area contributed by atoms with E-state index >= 15 is 0 Å². The number of carboxylic acids is 1. The topological polar surface area (TPSA) is 83.9 Å². The fourth-order valence-electron chi connectivity index (χ4n) is 0.893. The van der Waals surface area contributed by atoms with Crippen LogP contribution in [0.3, 0.4) is 0 Å². The van der Waals surface area contributed by atoms with E-state index in [9.17, 15) is 26.4 Å². The van der Waals surface area contributed by atoms with Gasteiger partial charge in [-0.25, -0.2) is 8.42 Å². The first-order valence-electron chi connectivity index (χ1n) is 4.80. The van der Waals surface area contributed by atoms with E-state index in [1.54, 1.807) is 0 Å². The Balaban J connectivity index is 4.28. The minimum atomic E-state index is -4.52. The molecule has 0 heterocycles. The molecule has 0 bridgehead atoms. The minimum absolute atomic E-state index is 0.576. The molecule has 0 aliphatic carbocycles. The number of ether oxygens (including phenoxy) is 1. The summed E-state index contributed by atoms with van der Waals surface area (Å²) in [5.74, 6) is -2.06. The van der Waals surface area contributed by atoms with Crippen molar-refractivity contribution in [3.05, 3.63) is 0 Å². The summed E-state index contributed by atoms with van der Waals surface area (Å²) in [6.07, 6.45) is -4.52. The normalized spacial score (nSPS) is 14.8. The Kier molecular flexibility index (Phi) is 6.04. The maximum absolute atomic E-state index is 11.7. The zero-order chi connectivity index (χ0) is 14.6. The van der Waals surface area contributed by atoms with Crippen molar-refractivity contribution in [3.63, 3.8) is 0 Å². The van der Waals surface area contributed by atoms with Gasteiger partial charge in [0.1, 0.15) is 12.6 Å². The molecule has 108 valence electrons. The lowest BCUT2D eigenvalue weighted by molar-refractivity contribution is -0.172. The van der Waals surface area contributed by atoms with Crippen LogP contribution in [0.4, 0.5) is 13.2 Å². The molecule has 10 heteroatoms. The van der Waals surface area contributed by atoms with Gasteiger partial charge in [-0.3, -0.25) is 4.79 Å². The van der Waals surface area contributed by atoms with E-state index in [2.05, 4.69) is 4.74 Å². The lowest BCUT2D eigenvalue weighted by atomic mass is 10.4. The van der Waals surface area contributed by atoms with Crippen molar-refractivity contribution in [1.29, 1.82) is 0 Å². The van der Waals surface area contributed by atoms with E-state index in [4.69, 9.17) is 5.11 Å². The number of carboxylic acid groups (broad SMARTS) is 1. The van der Waals surface area contributed by atoms with Gasteiger partial charge < -0.3 is 9.84 Å². The Morgan fingerprint density at radius 3 is 2.33 bits per heavy atom. The molecule has 0 fully saturated rings. The molecule has 0 amide bonds. The van der Waals surface area contributed by atoms with Gasteiger partial charge in [-0.05, 0) is 6.92 Å². The standard InChI is InChI=1S/C8H14F3NO5S/c1-6(7(13)14)12(2)18(15,16)4-3-17-5-8(9,10)11/h6H,3-5H2,1-2H3,(H,13,14). The van der Waals surface area contributed by atoms with Crippen LogP contribution < -0.4 is 0 Å². The Bertz CT molecular complexity index is 381. The molecule has 1 N–H and O–H groups in total. The first-order chi connectivity index (χ1) is 7.97. The molecular weight excluding hydrogens is 279 g/mol. The molecule has 0 aromatic rings. The number of likely N-dealkylation sites (N-methyl/N-ethyl adjacent to an activating group) is 1. The largest absolute Gasteiger partial charge is 0.480 e. The minimum Gasteiger partial charge on any atom is -0.480 e. The Morgan fingerprint density at radius 1 is 1.44 bits per heavy atom. The van der Waals surface area contributed by atoms with Crippen LogP contribution in [0, 0.1) is 0 Å². The number of nitrogens with zero attached hydrogens (tertiary/aromatic N) is 1. The average molecular weight is 293 g/mol. The Morgan fingerprint density at radius 2 is 1.94 bits per heavy atom. The van der Waals surface area contributed by atoms with Crippen LogP contribution in [0.2, 0.25) is 0 Å². The molecule has 0 saturated carbocycles. The van der Waals surface area contributed by atoms with Crippen LogP contribution in [0.25, 0.3) is 0 Å². The summed E-state index contributed by atoms with van der Waals surface area (Å²) in [4.78, 5) is 10.6. The van der Waals surface area contributed by atoms with Crippen molar-refractivity contribution in [3.8, 4) is 0 Å². The summed E-state index contributed by atoms with van der Waals surface area (Å²) < 4.78 is 62.8. The van der Waals surface area contributed by atoms with E-state index in [-0.39, 0.29) is 0 Å². The monoisotopic (exact) mass is 293 g/mol. The van der Waals surface area contributed by atoms with Gasteiger partial charge in [-0.15, -0.1) is 0 Å². The van der Waals surface area contributed by atoms with Gasteiger partial charge in [-0.1, -0.05) is 0 Å². The predicted molar refractivity (Wildman–Crippen MR) is 55.5 cm³/mol. The average Bonchev–Trinajstić information content (AvgIpc) is 2.20. The summed E-state index contributed by atoms with van der Waals surface area (Å²) in [5, 5.41) is 8.61. The molecular formula is C8H14F3NO5S. The number of halogens is 3. The number of hydrogen-bond acceptors (Lipinski definition) is 4. The van der Waals surface area contributed by atoms with Crippen LogP contribution in [0.15, 0.2) is 0 Å². The summed E-state index contributed by atoms with van der Waals surface area (Å²) in [5.41, 5.74) is 0. The Labute approximate surface area is 102 Å². The number of carbonyl (C=O) groups is 1. The van der Waals surface area contributed by atoms with E-state index in [1.165, 1.54) is 0 Å². The van der Waals surface area contributed by atoms with Crippen LogP contribution in [-0.2, 0) is 19.6 Å². The highest BCUT2D eigenvalue weighted by Gasteiger charge is 2.30. The second-order valence-corrected chi connectivity index (χ2v) is 5.66. The van der Waals surface area contributed by atoms with Crippen LogP contribution in [-0.4, -0.2) is 62.0 Å². The number of hydrogen-bond donors (Lipinski definition) is 1. The summed E-state index contributed by atoms with van der Waals surface area (Å²) in [7, 11) is -2.92. The van der Waals surface area contributed by atoms with Gasteiger partial charge in [0.2, 0.25) is 10.0 Å². The van der Waals surface area contributed by atoms with Gasteiger partial charge in [0, 0.05) is 7.05 Å². The number of sulfonamides is 1. The maximum Gasteiger partial charge on any atom is 0.411 e. The molecule has 0 aromatic heterocycles. The van der Waals surface area contributed by atoms with E-state index in [0.717, 1.165) is 14.0 Å². The number of alkyl halides is 3. The van der Waals surface area contributed by atoms with Gasteiger partial charge in [-0.2, -0.15) is 17.5 Å². The molecule has 0 aliphatic rings. The molecule has 1 atom stereocenters. The second kappa shape index (κ2) is 6.34. The van der Waals surface area contributed by atoms with Gasteiger partial charge in [0.05, 0.1) is 12.4 Å². The van der Waals surface area contributed by atoms with Gasteiger partial charge in [0.15, 0.2) is 0 Å². The van der Waals surface area contributed by atoms with Crippen LogP contribution in [0.1, 0.15) is 6.92 Å². The van der Waals surface area contributed by atoms with Crippen LogP contribution in [0.5, 0.6) is 0 Å². The fraction of sp³-hybridized carbons (Fsp3) is 0.875. The molecule has 0 saturated heterocycles. The van der Waals surface area contributed by atoms with Crippen molar-refractivity contribution in [2.75, 3.05) is 26.0 Å². The van der Waals surface area contributed by atoms with Crippen molar-refractivity contribution >= 4 is 16.0 Å². The third-order valence-electron chi connectivity index (χ3n) is 2.09. The lowest BCUT2D eigenvalue weighted by Crippen LogP contribution is -2.42. The van der Waals surface area contributed by atoms with Crippen molar-refractivity contribution < 1.29 is 36.2 Å². The molecule has 0 radical (unpaired) electrons. The Hall–Kier alpha value is -0.870. The highest BCUT2D eigenvalue weighted by Crippen LogP contribution is 2.14. The molecule has 0 rings (SSSR count). The van der Waals surface area contributed by atoms with E-state index in [0.29, 0.717) is 4.31 Å². The van der Waals surface area contributed by atoms with Crippen molar-refractivity contribution in [2.24, 2.45) is 0 Å². The molecule has 18 heavy (non-hydrogen) atoms. The molecule has 6 nitrogen and oxygen atoms in total. The predicted octanol–water partition coefficient (Wildman–Crippen LogP) is 0.300. The van der Waals surface area contributed by atoms with Gasteiger partial charge in [0.25, 0.3) is 0 Å². The van der Waals surface area contributed by atoms with Crippen molar-refractivity contribution in [1.82, 2.24) is 4.31 Å². The summed E-state index contributed by atoms with van der Waals surface area (Å²) >= 11 is 0. The molecule has 0 spiro atoms. The summed E-state index contributed by atoms with van der Waals surface area (Å²) in [6.45, 7) is -1.05. The zero-order valence-electron chi connectivity index (χ0n) is 9.77. The fourth-order valence-corrected chi connectivity index (χ4v) is 2.08. The molecule has 0 aliphatic heterocycles. The third kappa shape index (κ3) is 6.17. The third-order valence-corrected chi connectivity index (χ3v) is 3.97. The maximum atomic E-state index is 11.7. The van der Waals surface area contributed by atoms with Crippen LogP contribution >= 0.6 is 0 Å². The SMILES string of the molecule is CC(C(=O)O)N(C)S(=O)(=O)CCOCC(F)(F)F. The first kappa shape index (κ1) is 17.1. The first-order valence-corrected chi connectivity index (χ1v) is 6.41. The number of rotatable bonds is 7. The zero-order valence-corrected chi connectivity index (χ0v) is 10.6. The second-order valence-electron chi connectivity index (χ2n) is 3.51. The van der Waals surface area contributed by atoms with Crippen molar-refractivity contribution in [2.45, 2.75) is 19.1 Å². The smallest absolute Gasteiger partial charge is 0.411 e. The highest BCUT2D eigenvalue weighted by atomic mass is 32.2. The van der Waals surface area contributed by atoms with E-state index < -0.39 is 47.2 Å².